The van der Waals surface area contributed by atoms with Crippen LogP contribution in [0.2, 0.25) is 0 Å². The zero-order chi connectivity index (χ0) is 18.5. The van der Waals surface area contributed by atoms with Gasteiger partial charge in [-0.2, -0.15) is 0 Å². The number of rotatable bonds is 2. The second kappa shape index (κ2) is 8.87. The number of nitrogens with zero attached hydrogens (tertiary/aromatic N) is 1. The molecule has 1 aromatic rings. The Labute approximate surface area is 174 Å². The van der Waals surface area contributed by atoms with Gasteiger partial charge in [-0.3, -0.25) is 0 Å². The molecule has 0 aliphatic carbocycles. The zero-order valence-corrected chi connectivity index (χ0v) is 19.1. The topological polar surface area (TPSA) is 41.6 Å². The molecule has 4 nitrogen and oxygen atoms in total. The van der Waals surface area contributed by atoms with Gasteiger partial charge in [0.1, 0.15) is 11.1 Å². The summed E-state index contributed by atoms with van der Waals surface area (Å²) in [6.45, 7) is 6.89. The van der Waals surface area contributed by atoms with Crippen molar-refractivity contribution >= 4 is 57.8 Å². The van der Waals surface area contributed by atoms with E-state index >= 15 is 0 Å². The SMILES string of the molecule is CC(C)(C)OC(=O)N1CCC(C#CSI)(Nc2ccccc2Br)CC1. The van der Waals surface area contributed by atoms with Gasteiger partial charge >= 0.3 is 6.09 Å². The molecule has 0 atom stereocenters. The first-order valence-corrected chi connectivity index (χ1v) is 12.2. The van der Waals surface area contributed by atoms with Crippen molar-refractivity contribution in [1.29, 1.82) is 0 Å². The molecule has 0 bridgehead atoms. The monoisotopic (exact) mass is 536 g/mol. The first kappa shape index (κ1) is 20.7. The predicted octanol–water partition coefficient (Wildman–Crippen LogP) is 5.67. The van der Waals surface area contributed by atoms with E-state index in [9.17, 15) is 4.79 Å². The lowest BCUT2D eigenvalue weighted by molar-refractivity contribution is 0.0195. The number of benzene rings is 1. The molecule has 7 heteroatoms. The Bertz CT molecular complexity index is 674. The van der Waals surface area contributed by atoms with E-state index in [2.05, 4.69) is 53.6 Å². The minimum atomic E-state index is -0.476. The van der Waals surface area contributed by atoms with E-state index in [-0.39, 0.29) is 11.6 Å². The van der Waals surface area contributed by atoms with E-state index < -0.39 is 5.60 Å². The molecular formula is C18H22BrIN2O2S. The summed E-state index contributed by atoms with van der Waals surface area (Å²) in [7, 11) is 1.48. The Morgan fingerprint density at radius 1 is 1.36 bits per heavy atom. The summed E-state index contributed by atoms with van der Waals surface area (Å²) in [5, 5.41) is 6.71. The van der Waals surface area contributed by atoms with E-state index in [0.717, 1.165) is 23.0 Å². The maximum atomic E-state index is 12.3. The number of carbonyl (C=O) groups excluding carboxylic acids is 1. The summed E-state index contributed by atoms with van der Waals surface area (Å²) >= 11 is 5.76. The van der Waals surface area contributed by atoms with Crippen LogP contribution >= 0.6 is 46.1 Å². The van der Waals surface area contributed by atoms with Gasteiger partial charge in [-0.25, -0.2) is 4.79 Å². The second-order valence-electron chi connectivity index (χ2n) is 6.96. The highest BCUT2D eigenvalue weighted by atomic mass is 127. The Kier molecular flexibility index (Phi) is 7.35. The molecule has 0 radical (unpaired) electrons. The van der Waals surface area contributed by atoms with Crippen LogP contribution in [0.5, 0.6) is 0 Å². The van der Waals surface area contributed by atoms with Crippen molar-refractivity contribution < 1.29 is 9.53 Å². The van der Waals surface area contributed by atoms with Gasteiger partial charge in [-0.15, -0.1) is 0 Å². The van der Waals surface area contributed by atoms with E-state index in [4.69, 9.17) is 4.74 Å². The Hall–Kier alpha value is -0.590. The highest BCUT2D eigenvalue weighted by molar-refractivity contribution is 14.2. The average Bonchev–Trinajstić information content (AvgIpc) is 2.54. The number of ether oxygens (including phenoxy) is 1. The maximum absolute atomic E-state index is 12.3. The molecule has 2 rings (SSSR count). The van der Waals surface area contributed by atoms with Crippen molar-refractivity contribution in [3.05, 3.63) is 28.7 Å². The summed E-state index contributed by atoms with van der Waals surface area (Å²) in [6.07, 6.45) is 1.24. The average molecular weight is 537 g/mol. The number of hydrogen-bond acceptors (Lipinski definition) is 4. The van der Waals surface area contributed by atoms with Crippen LogP contribution < -0.4 is 5.32 Å². The quantitative estimate of drug-likeness (QED) is 0.390. The van der Waals surface area contributed by atoms with Gasteiger partial charge in [0.25, 0.3) is 0 Å². The molecule has 1 aliphatic rings. The Balaban J connectivity index is 2.11. The third kappa shape index (κ3) is 6.26. The predicted molar refractivity (Wildman–Crippen MR) is 117 cm³/mol. The van der Waals surface area contributed by atoms with Crippen LogP contribution in [-0.2, 0) is 4.74 Å². The molecule has 1 fully saturated rings. The summed E-state index contributed by atoms with van der Waals surface area (Å²) in [6, 6.07) is 8.02. The van der Waals surface area contributed by atoms with Crippen LogP contribution in [0.3, 0.4) is 0 Å². The molecule has 1 heterocycles. The first-order valence-electron chi connectivity index (χ1n) is 8.05. The van der Waals surface area contributed by atoms with Crippen molar-refractivity contribution in [1.82, 2.24) is 4.90 Å². The van der Waals surface area contributed by atoms with Crippen molar-refractivity contribution in [2.45, 2.75) is 44.8 Å². The minimum absolute atomic E-state index is 0.252. The van der Waals surface area contributed by atoms with Crippen molar-refractivity contribution in [3.8, 4) is 11.2 Å². The molecule has 1 aliphatic heterocycles. The van der Waals surface area contributed by atoms with Crippen LogP contribution in [0.25, 0.3) is 0 Å². The molecule has 1 aromatic carbocycles. The fraction of sp³-hybridized carbons (Fsp3) is 0.500. The molecule has 0 spiro atoms. The van der Waals surface area contributed by atoms with Crippen molar-refractivity contribution in [2.75, 3.05) is 18.4 Å². The molecule has 0 saturated carbocycles. The minimum Gasteiger partial charge on any atom is -0.444 e. The maximum Gasteiger partial charge on any atom is 0.410 e. The van der Waals surface area contributed by atoms with Gasteiger partial charge in [-0.1, -0.05) is 18.1 Å². The summed E-state index contributed by atoms with van der Waals surface area (Å²) < 4.78 is 6.49. The number of amides is 1. The molecular weight excluding hydrogens is 515 g/mol. The number of anilines is 1. The standard InChI is InChI=1S/C18H22BrIN2O2S/c1-17(2,3)24-16(23)22-11-8-18(9-12-22,10-13-25-20)21-15-7-5-4-6-14(15)19/h4-7,21H,8-9,11-12H2,1-3H3. The first-order chi connectivity index (χ1) is 11.7. The second-order valence-corrected chi connectivity index (χ2v) is 9.49. The number of halogens is 2. The molecule has 25 heavy (non-hydrogen) atoms. The van der Waals surface area contributed by atoms with Gasteiger partial charge in [-0.05, 0) is 75.9 Å². The molecule has 1 saturated heterocycles. The van der Waals surface area contributed by atoms with Crippen LogP contribution in [-0.4, -0.2) is 35.2 Å². The van der Waals surface area contributed by atoms with Crippen molar-refractivity contribution in [2.24, 2.45) is 0 Å². The Morgan fingerprint density at radius 3 is 2.56 bits per heavy atom. The fourth-order valence-electron chi connectivity index (χ4n) is 2.62. The molecule has 1 amide bonds. The van der Waals surface area contributed by atoms with Crippen LogP contribution in [0.4, 0.5) is 10.5 Å². The number of piperidine rings is 1. The highest BCUT2D eigenvalue weighted by Crippen LogP contribution is 2.31. The van der Waals surface area contributed by atoms with E-state index in [1.54, 1.807) is 4.90 Å². The smallest absolute Gasteiger partial charge is 0.410 e. The summed E-state index contributed by atoms with van der Waals surface area (Å²) in [5.74, 6) is 3.36. The van der Waals surface area contributed by atoms with Crippen LogP contribution in [0.15, 0.2) is 28.7 Å². The number of para-hydroxylation sites is 1. The molecule has 1 N–H and O–H groups in total. The number of nitrogens with one attached hydrogen (secondary N) is 1. The lowest BCUT2D eigenvalue weighted by Gasteiger charge is -2.40. The van der Waals surface area contributed by atoms with E-state index in [0.29, 0.717) is 13.1 Å². The largest absolute Gasteiger partial charge is 0.444 e. The number of likely N-dealkylation sites (tertiary alicyclic amines) is 1. The zero-order valence-electron chi connectivity index (χ0n) is 14.6. The van der Waals surface area contributed by atoms with Crippen LogP contribution in [0, 0.1) is 11.2 Å². The molecule has 0 aromatic heterocycles. The van der Waals surface area contributed by atoms with Gasteiger partial charge in [0.2, 0.25) is 0 Å². The highest BCUT2D eigenvalue weighted by Gasteiger charge is 2.36. The fourth-order valence-corrected chi connectivity index (χ4v) is 3.56. The lowest BCUT2D eigenvalue weighted by atomic mass is 9.88. The number of hydrogen-bond donors (Lipinski definition) is 1. The van der Waals surface area contributed by atoms with Gasteiger partial charge in [0, 0.05) is 44.5 Å². The van der Waals surface area contributed by atoms with Gasteiger partial charge < -0.3 is 15.0 Å². The molecule has 136 valence electrons. The molecule has 0 unspecified atom stereocenters. The van der Waals surface area contributed by atoms with E-state index in [1.807, 2.05) is 45.0 Å². The normalized spacial score (nSPS) is 16.6. The number of carbonyl (C=O) groups is 1. The third-order valence-electron chi connectivity index (χ3n) is 3.85. The Morgan fingerprint density at radius 2 is 2.00 bits per heavy atom. The lowest BCUT2D eigenvalue weighted by Crippen LogP contribution is -2.51. The van der Waals surface area contributed by atoms with Gasteiger partial charge in [0.15, 0.2) is 0 Å². The van der Waals surface area contributed by atoms with Crippen LogP contribution in [0.1, 0.15) is 33.6 Å². The summed E-state index contributed by atoms with van der Waals surface area (Å²) in [5.41, 5.74) is 0.192. The van der Waals surface area contributed by atoms with Gasteiger partial charge in [0.05, 0.1) is 0 Å². The van der Waals surface area contributed by atoms with E-state index in [1.165, 1.54) is 8.93 Å². The third-order valence-corrected chi connectivity index (χ3v) is 5.38. The van der Waals surface area contributed by atoms with Crippen molar-refractivity contribution in [3.63, 3.8) is 0 Å². The summed E-state index contributed by atoms with van der Waals surface area (Å²) in [4.78, 5) is 14.1.